The largest absolute Gasteiger partial charge is 0.497 e. The van der Waals surface area contributed by atoms with E-state index in [-0.39, 0.29) is 0 Å². The van der Waals surface area contributed by atoms with Crippen molar-refractivity contribution >= 4 is 10.9 Å². The van der Waals surface area contributed by atoms with Crippen molar-refractivity contribution in [1.82, 2.24) is 9.88 Å². The van der Waals surface area contributed by atoms with E-state index in [9.17, 15) is 0 Å². The molecule has 23 heavy (non-hydrogen) atoms. The Morgan fingerprint density at radius 2 is 2.04 bits per heavy atom. The van der Waals surface area contributed by atoms with E-state index in [2.05, 4.69) is 52.3 Å². The van der Waals surface area contributed by atoms with Gasteiger partial charge in [-0.25, -0.2) is 0 Å². The molecule has 3 heterocycles. The average Bonchev–Trinajstić information content (AvgIpc) is 2.98. The standard InChI is InChI=1S/C20H20N2O/c1-23-15-7-6-13-12-22-9-8-17-16-4-2-3-5-18(16)21-20(17)19(22)11-14(13)10-15/h2-7,10,19,21H,8-9,11-12H2,1H3/t19-/m0/s1. The number of nitrogens with one attached hydrogen (secondary N) is 1. The number of hydrogen-bond donors (Lipinski definition) is 1. The molecular formula is C20H20N2O. The number of rotatable bonds is 1. The molecule has 0 amide bonds. The number of benzene rings is 2. The van der Waals surface area contributed by atoms with Crippen molar-refractivity contribution in [3.8, 4) is 5.75 Å². The quantitative estimate of drug-likeness (QED) is 0.740. The highest BCUT2D eigenvalue weighted by Crippen LogP contribution is 2.40. The number of aromatic nitrogens is 1. The van der Waals surface area contributed by atoms with Gasteiger partial charge in [-0.3, -0.25) is 4.90 Å². The normalized spacial score (nSPS) is 20.0. The Kier molecular flexibility index (Phi) is 2.79. The number of methoxy groups -OCH3 is 1. The monoisotopic (exact) mass is 304 g/mol. The fraction of sp³-hybridized carbons (Fsp3) is 0.300. The van der Waals surface area contributed by atoms with Crippen LogP contribution in [0.3, 0.4) is 0 Å². The lowest BCUT2D eigenvalue weighted by molar-refractivity contribution is 0.158. The molecule has 0 saturated heterocycles. The fourth-order valence-corrected chi connectivity index (χ4v) is 4.29. The molecule has 0 saturated carbocycles. The summed E-state index contributed by atoms with van der Waals surface area (Å²) in [6.07, 6.45) is 2.20. The van der Waals surface area contributed by atoms with Crippen molar-refractivity contribution in [2.24, 2.45) is 0 Å². The van der Waals surface area contributed by atoms with Crippen molar-refractivity contribution in [3.63, 3.8) is 0 Å². The molecular weight excluding hydrogens is 284 g/mol. The van der Waals surface area contributed by atoms with Crippen molar-refractivity contribution in [1.29, 1.82) is 0 Å². The average molecular weight is 304 g/mol. The predicted octanol–water partition coefficient (Wildman–Crippen LogP) is 3.83. The van der Waals surface area contributed by atoms with Gasteiger partial charge >= 0.3 is 0 Å². The molecule has 0 aliphatic carbocycles. The second-order valence-electron chi connectivity index (χ2n) is 6.64. The Hall–Kier alpha value is -2.26. The maximum atomic E-state index is 5.41. The van der Waals surface area contributed by atoms with Crippen molar-refractivity contribution in [2.75, 3.05) is 13.7 Å². The minimum Gasteiger partial charge on any atom is -0.497 e. The molecule has 2 aliphatic rings. The summed E-state index contributed by atoms with van der Waals surface area (Å²) in [5.41, 5.74) is 7.09. The van der Waals surface area contributed by atoms with Gasteiger partial charge in [-0.2, -0.15) is 0 Å². The number of ether oxygens (including phenoxy) is 1. The third-order valence-electron chi connectivity index (χ3n) is 5.47. The summed E-state index contributed by atoms with van der Waals surface area (Å²) >= 11 is 0. The van der Waals surface area contributed by atoms with E-state index < -0.39 is 0 Å². The summed E-state index contributed by atoms with van der Waals surface area (Å²) in [5.74, 6) is 0.963. The van der Waals surface area contributed by atoms with E-state index in [0.717, 1.165) is 31.7 Å². The van der Waals surface area contributed by atoms with Gasteiger partial charge in [-0.1, -0.05) is 24.3 Å². The number of fused-ring (bicyclic) bond motifs is 6. The number of aromatic amines is 1. The van der Waals surface area contributed by atoms with Gasteiger partial charge in [-0.05, 0) is 47.7 Å². The molecule has 0 radical (unpaired) electrons. The maximum absolute atomic E-state index is 5.41. The molecule has 1 atom stereocenters. The summed E-state index contributed by atoms with van der Waals surface area (Å²) in [5, 5.41) is 1.40. The highest BCUT2D eigenvalue weighted by Gasteiger charge is 2.34. The van der Waals surface area contributed by atoms with Gasteiger partial charge < -0.3 is 9.72 Å². The first-order chi connectivity index (χ1) is 11.3. The zero-order valence-corrected chi connectivity index (χ0v) is 13.3. The molecule has 2 aliphatic heterocycles. The van der Waals surface area contributed by atoms with E-state index in [1.165, 1.54) is 33.3 Å². The molecule has 0 spiro atoms. The Balaban J connectivity index is 1.62. The third kappa shape index (κ3) is 1.93. The van der Waals surface area contributed by atoms with Crippen molar-refractivity contribution < 1.29 is 4.74 Å². The van der Waals surface area contributed by atoms with Gasteiger partial charge in [0.25, 0.3) is 0 Å². The van der Waals surface area contributed by atoms with Gasteiger partial charge in [0, 0.05) is 29.7 Å². The van der Waals surface area contributed by atoms with Crippen LogP contribution in [0.2, 0.25) is 0 Å². The van der Waals surface area contributed by atoms with E-state index in [1.807, 2.05) is 0 Å². The van der Waals surface area contributed by atoms with Crippen LogP contribution in [0, 0.1) is 0 Å². The van der Waals surface area contributed by atoms with Gasteiger partial charge in [0.2, 0.25) is 0 Å². The van der Waals surface area contributed by atoms with Gasteiger partial charge in [0.1, 0.15) is 5.75 Å². The molecule has 5 rings (SSSR count). The number of para-hydroxylation sites is 1. The number of H-pyrrole nitrogens is 1. The first kappa shape index (κ1) is 13.2. The second-order valence-corrected chi connectivity index (χ2v) is 6.64. The van der Waals surface area contributed by atoms with Crippen LogP contribution in [0.5, 0.6) is 5.75 Å². The van der Waals surface area contributed by atoms with Crippen LogP contribution in [0.15, 0.2) is 42.5 Å². The lowest BCUT2D eigenvalue weighted by atomic mass is 9.87. The van der Waals surface area contributed by atoms with Crippen molar-refractivity contribution in [3.05, 3.63) is 64.8 Å². The maximum Gasteiger partial charge on any atom is 0.119 e. The molecule has 0 bridgehead atoms. The van der Waals surface area contributed by atoms with E-state index >= 15 is 0 Å². The van der Waals surface area contributed by atoms with E-state index in [4.69, 9.17) is 4.74 Å². The van der Waals surface area contributed by atoms with Crippen LogP contribution < -0.4 is 4.74 Å². The molecule has 2 aromatic carbocycles. The number of hydrogen-bond acceptors (Lipinski definition) is 2. The van der Waals surface area contributed by atoms with Gasteiger partial charge in [-0.15, -0.1) is 0 Å². The highest BCUT2D eigenvalue weighted by atomic mass is 16.5. The molecule has 3 heteroatoms. The van der Waals surface area contributed by atoms with Crippen LogP contribution >= 0.6 is 0 Å². The smallest absolute Gasteiger partial charge is 0.119 e. The lowest BCUT2D eigenvalue weighted by Crippen LogP contribution is -2.39. The first-order valence-corrected chi connectivity index (χ1v) is 8.33. The molecule has 1 aromatic heterocycles. The molecule has 1 N–H and O–H groups in total. The van der Waals surface area contributed by atoms with Gasteiger partial charge in [0.05, 0.1) is 13.2 Å². The summed E-state index contributed by atoms with van der Waals surface area (Å²) in [6.45, 7) is 2.18. The predicted molar refractivity (Wildman–Crippen MR) is 91.9 cm³/mol. The number of nitrogens with zero attached hydrogens (tertiary/aromatic N) is 1. The summed E-state index contributed by atoms with van der Waals surface area (Å²) in [7, 11) is 1.74. The first-order valence-electron chi connectivity index (χ1n) is 8.33. The Morgan fingerprint density at radius 1 is 1.13 bits per heavy atom. The summed E-state index contributed by atoms with van der Waals surface area (Å²) in [4.78, 5) is 6.32. The topological polar surface area (TPSA) is 28.3 Å². The fourth-order valence-electron chi connectivity index (χ4n) is 4.29. The summed E-state index contributed by atoms with van der Waals surface area (Å²) in [6, 6.07) is 15.7. The minimum atomic E-state index is 0.464. The molecule has 116 valence electrons. The zero-order chi connectivity index (χ0) is 15.4. The van der Waals surface area contributed by atoms with Crippen LogP contribution in [0.1, 0.15) is 28.4 Å². The highest BCUT2D eigenvalue weighted by molar-refractivity contribution is 5.85. The van der Waals surface area contributed by atoms with Crippen LogP contribution in [-0.2, 0) is 19.4 Å². The molecule has 0 unspecified atom stereocenters. The van der Waals surface area contributed by atoms with Gasteiger partial charge in [0.15, 0.2) is 0 Å². The van der Waals surface area contributed by atoms with Crippen LogP contribution in [0.25, 0.3) is 10.9 Å². The third-order valence-corrected chi connectivity index (χ3v) is 5.47. The molecule has 3 aromatic rings. The zero-order valence-electron chi connectivity index (χ0n) is 13.3. The Bertz CT molecular complexity index is 896. The Labute approximate surface area is 135 Å². The second kappa shape index (κ2) is 4.87. The van der Waals surface area contributed by atoms with E-state index in [1.54, 1.807) is 7.11 Å². The van der Waals surface area contributed by atoms with Crippen LogP contribution in [-0.4, -0.2) is 23.5 Å². The lowest BCUT2D eigenvalue weighted by Gasteiger charge is -2.40. The van der Waals surface area contributed by atoms with Crippen molar-refractivity contribution in [2.45, 2.75) is 25.4 Å². The SMILES string of the molecule is COc1ccc2c(c1)C[C@H]1c3[nH]c4ccccc4c3CCN1C2. The molecule has 0 fully saturated rings. The van der Waals surface area contributed by atoms with E-state index in [0.29, 0.717) is 6.04 Å². The minimum absolute atomic E-state index is 0.464. The molecule has 3 nitrogen and oxygen atoms in total. The summed E-state index contributed by atoms with van der Waals surface area (Å²) < 4.78 is 5.41. The van der Waals surface area contributed by atoms with Crippen LogP contribution in [0.4, 0.5) is 0 Å². The Morgan fingerprint density at radius 3 is 2.96 bits per heavy atom.